The summed E-state index contributed by atoms with van der Waals surface area (Å²) in [5.74, 6) is 1.05. The quantitative estimate of drug-likeness (QED) is 0.674. The second-order valence-electron chi connectivity index (χ2n) is 4.86. The fourth-order valence-electron chi connectivity index (χ4n) is 2.33. The molecular weight excluding hydrogens is 290 g/mol. The zero-order chi connectivity index (χ0) is 14.8. The van der Waals surface area contributed by atoms with E-state index in [4.69, 9.17) is 5.26 Å². The number of likely N-dealkylation sites (tertiary alicyclic amines) is 1. The minimum atomic E-state index is -0.495. The summed E-state index contributed by atoms with van der Waals surface area (Å²) < 4.78 is 0. The Balaban J connectivity index is 1.64. The number of non-ortho nitro benzene ring substituents is 1. The summed E-state index contributed by atoms with van der Waals surface area (Å²) in [4.78, 5) is 16.8. The largest absolute Gasteiger partial charge is 0.378 e. The Hall–Kier alpha value is -2.27. The molecule has 1 N–H and O–H groups in total. The number of rotatable bonds is 3. The molecule has 0 spiro atoms. The lowest BCUT2D eigenvalue weighted by Crippen LogP contribution is -2.56. The van der Waals surface area contributed by atoms with Crippen molar-refractivity contribution in [1.82, 2.24) is 4.90 Å². The highest BCUT2D eigenvalue weighted by Gasteiger charge is 2.31. The minimum absolute atomic E-state index is 0.0657. The number of aliphatic imine (C=N–C) groups is 1. The molecule has 1 aromatic rings. The second-order valence-corrected chi connectivity index (χ2v) is 5.92. The van der Waals surface area contributed by atoms with Crippen molar-refractivity contribution >= 4 is 28.3 Å². The SMILES string of the molecule is N#Cc1cc([N+](=O)[O-])ccc1NC1CN(C2=NCCS2)C1. The van der Waals surface area contributed by atoms with Gasteiger partial charge in [0.2, 0.25) is 0 Å². The number of nitrogens with zero attached hydrogens (tertiary/aromatic N) is 4. The molecule has 0 unspecified atom stereocenters. The second kappa shape index (κ2) is 5.61. The zero-order valence-electron chi connectivity index (χ0n) is 11.2. The van der Waals surface area contributed by atoms with Gasteiger partial charge in [0, 0.05) is 31.0 Å². The highest BCUT2D eigenvalue weighted by atomic mass is 32.2. The van der Waals surface area contributed by atoms with E-state index in [1.807, 2.05) is 6.07 Å². The first kappa shape index (κ1) is 13.7. The van der Waals surface area contributed by atoms with Gasteiger partial charge in [0.25, 0.3) is 5.69 Å². The predicted molar refractivity (Wildman–Crippen MR) is 81.6 cm³/mol. The minimum Gasteiger partial charge on any atom is -0.378 e. The van der Waals surface area contributed by atoms with Crippen LogP contribution in [0.2, 0.25) is 0 Å². The van der Waals surface area contributed by atoms with Gasteiger partial charge in [0.15, 0.2) is 5.17 Å². The van der Waals surface area contributed by atoms with Crippen LogP contribution in [0.3, 0.4) is 0 Å². The maximum absolute atomic E-state index is 10.7. The summed E-state index contributed by atoms with van der Waals surface area (Å²) in [6, 6.07) is 6.55. The number of hydrogen-bond acceptors (Lipinski definition) is 7. The number of thioether (sulfide) groups is 1. The Morgan fingerprint density at radius 3 is 2.95 bits per heavy atom. The smallest absolute Gasteiger partial charge is 0.270 e. The molecule has 0 amide bonds. The molecule has 0 radical (unpaired) electrons. The van der Waals surface area contributed by atoms with Gasteiger partial charge in [0.1, 0.15) is 6.07 Å². The third kappa shape index (κ3) is 2.78. The average Bonchev–Trinajstić information content (AvgIpc) is 2.95. The number of nitrogens with one attached hydrogen (secondary N) is 1. The van der Waals surface area contributed by atoms with Crippen molar-refractivity contribution in [3.8, 4) is 6.07 Å². The molecule has 0 atom stereocenters. The van der Waals surface area contributed by atoms with Gasteiger partial charge < -0.3 is 10.2 Å². The molecule has 0 saturated carbocycles. The fraction of sp³-hybridized carbons (Fsp3) is 0.385. The van der Waals surface area contributed by atoms with Gasteiger partial charge in [-0.1, -0.05) is 11.8 Å². The summed E-state index contributed by atoms with van der Waals surface area (Å²) >= 11 is 1.77. The lowest BCUT2D eigenvalue weighted by atomic mass is 10.1. The van der Waals surface area contributed by atoms with E-state index in [9.17, 15) is 10.1 Å². The van der Waals surface area contributed by atoms with Crippen molar-refractivity contribution in [3.63, 3.8) is 0 Å². The Labute approximate surface area is 125 Å². The lowest BCUT2D eigenvalue weighted by Gasteiger charge is -2.41. The van der Waals surface area contributed by atoms with E-state index in [2.05, 4.69) is 15.2 Å². The Kier molecular flexibility index (Phi) is 3.66. The molecule has 0 bridgehead atoms. The van der Waals surface area contributed by atoms with Crippen LogP contribution in [-0.2, 0) is 0 Å². The van der Waals surface area contributed by atoms with Gasteiger partial charge in [-0.2, -0.15) is 5.26 Å². The standard InChI is InChI=1S/C13H13N5O2S/c14-6-9-5-11(18(19)20)1-2-12(9)16-10-7-17(8-10)13-15-3-4-21-13/h1-2,5,10,16H,3-4,7-8H2. The van der Waals surface area contributed by atoms with Crippen molar-refractivity contribution in [3.05, 3.63) is 33.9 Å². The van der Waals surface area contributed by atoms with Crippen LogP contribution in [-0.4, -0.2) is 46.4 Å². The first-order valence-electron chi connectivity index (χ1n) is 6.54. The van der Waals surface area contributed by atoms with Gasteiger partial charge in [-0.15, -0.1) is 0 Å². The van der Waals surface area contributed by atoms with Crippen LogP contribution >= 0.6 is 11.8 Å². The normalized spacial score (nSPS) is 17.9. The van der Waals surface area contributed by atoms with Crippen LogP contribution in [0.4, 0.5) is 11.4 Å². The van der Waals surface area contributed by atoms with Crippen molar-refractivity contribution in [2.45, 2.75) is 6.04 Å². The molecule has 1 fully saturated rings. The summed E-state index contributed by atoms with van der Waals surface area (Å²) in [7, 11) is 0. The van der Waals surface area contributed by atoms with E-state index in [0.29, 0.717) is 11.3 Å². The van der Waals surface area contributed by atoms with Crippen LogP contribution in [0, 0.1) is 21.4 Å². The van der Waals surface area contributed by atoms with E-state index in [1.54, 1.807) is 17.8 Å². The van der Waals surface area contributed by atoms with Crippen LogP contribution < -0.4 is 5.32 Å². The average molecular weight is 303 g/mol. The first-order chi connectivity index (χ1) is 10.2. The number of nitriles is 1. The Morgan fingerprint density at radius 1 is 1.52 bits per heavy atom. The number of nitro groups is 1. The molecule has 2 heterocycles. The highest BCUT2D eigenvalue weighted by Crippen LogP contribution is 2.26. The molecule has 108 valence electrons. The van der Waals surface area contributed by atoms with Gasteiger partial charge in [-0.25, -0.2) is 0 Å². The number of nitro benzene ring substituents is 1. The van der Waals surface area contributed by atoms with Crippen molar-refractivity contribution in [2.75, 3.05) is 30.7 Å². The molecule has 3 rings (SSSR count). The van der Waals surface area contributed by atoms with E-state index in [0.717, 1.165) is 30.6 Å². The van der Waals surface area contributed by atoms with E-state index >= 15 is 0 Å². The fourth-order valence-corrected chi connectivity index (χ4v) is 3.20. The molecule has 7 nitrogen and oxygen atoms in total. The van der Waals surface area contributed by atoms with E-state index in [1.165, 1.54) is 12.1 Å². The molecule has 0 aliphatic carbocycles. The third-order valence-electron chi connectivity index (χ3n) is 3.42. The summed E-state index contributed by atoms with van der Waals surface area (Å²) in [5, 5.41) is 24.2. The molecule has 21 heavy (non-hydrogen) atoms. The monoisotopic (exact) mass is 303 g/mol. The maximum Gasteiger partial charge on any atom is 0.270 e. The summed E-state index contributed by atoms with van der Waals surface area (Å²) in [6.07, 6.45) is 0. The molecular formula is C13H13N5O2S. The predicted octanol–water partition coefficient (Wildman–Crippen LogP) is 1.67. The van der Waals surface area contributed by atoms with Crippen molar-refractivity contribution < 1.29 is 4.92 Å². The molecule has 1 aromatic carbocycles. The first-order valence-corrected chi connectivity index (χ1v) is 7.53. The van der Waals surface area contributed by atoms with Crippen molar-refractivity contribution in [2.24, 2.45) is 4.99 Å². The summed E-state index contributed by atoms with van der Waals surface area (Å²) in [6.45, 7) is 2.57. The van der Waals surface area contributed by atoms with Gasteiger partial charge >= 0.3 is 0 Å². The Morgan fingerprint density at radius 2 is 2.33 bits per heavy atom. The van der Waals surface area contributed by atoms with Crippen LogP contribution in [0.5, 0.6) is 0 Å². The topological polar surface area (TPSA) is 94.6 Å². The van der Waals surface area contributed by atoms with E-state index in [-0.39, 0.29) is 11.7 Å². The number of anilines is 1. The summed E-state index contributed by atoms with van der Waals surface area (Å²) in [5.41, 5.74) is 0.882. The number of benzene rings is 1. The molecule has 2 aliphatic rings. The highest BCUT2D eigenvalue weighted by molar-refractivity contribution is 8.14. The van der Waals surface area contributed by atoms with Gasteiger partial charge in [0.05, 0.1) is 28.8 Å². The van der Waals surface area contributed by atoms with Crippen LogP contribution in [0.1, 0.15) is 5.56 Å². The van der Waals surface area contributed by atoms with Crippen LogP contribution in [0.15, 0.2) is 23.2 Å². The Bertz CT molecular complexity index is 648. The number of hydrogen-bond donors (Lipinski definition) is 1. The van der Waals surface area contributed by atoms with Crippen LogP contribution in [0.25, 0.3) is 0 Å². The molecule has 8 heteroatoms. The number of amidine groups is 1. The van der Waals surface area contributed by atoms with E-state index < -0.39 is 4.92 Å². The van der Waals surface area contributed by atoms with Crippen molar-refractivity contribution in [1.29, 1.82) is 5.26 Å². The zero-order valence-corrected chi connectivity index (χ0v) is 12.0. The van der Waals surface area contributed by atoms with Gasteiger partial charge in [-0.3, -0.25) is 15.1 Å². The maximum atomic E-state index is 10.7. The third-order valence-corrected chi connectivity index (χ3v) is 4.45. The lowest BCUT2D eigenvalue weighted by molar-refractivity contribution is -0.384. The molecule has 1 saturated heterocycles. The molecule has 0 aromatic heterocycles. The van der Waals surface area contributed by atoms with Gasteiger partial charge in [-0.05, 0) is 6.07 Å². The molecule has 2 aliphatic heterocycles.